The van der Waals surface area contributed by atoms with E-state index < -0.39 is 0 Å². The van der Waals surface area contributed by atoms with Gasteiger partial charge in [0.2, 0.25) is 0 Å². The number of hydrogen-bond donors (Lipinski definition) is 2. The summed E-state index contributed by atoms with van der Waals surface area (Å²) < 4.78 is 25.8. The highest BCUT2D eigenvalue weighted by atomic mass is 19.1. The Labute approximate surface area is 138 Å². The van der Waals surface area contributed by atoms with E-state index in [1.54, 1.807) is 6.07 Å². The van der Waals surface area contributed by atoms with Crippen LogP contribution in [0.3, 0.4) is 0 Å². The molecule has 2 atom stereocenters. The van der Waals surface area contributed by atoms with E-state index in [-0.39, 0.29) is 24.3 Å². The van der Waals surface area contributed by atoms with Crippen LogP contribution in [0, 0.1) is 11.7 Å². The standard InChI is InChI=1S/C18H30FNO3/c1-4-6-22-17-9-15(13(3)8-14(11-20)12-21)16(19)10-18(17)23-7-5-2/h9-10,13-14,21H,4-8,11-12,20H2,1-3H3. The summed E-state index contributed by atoms with van der Waals surface area (Å²) in [5.74, 6) is 0.643. The average molecular weight is 327 g/mol. The van der Waals surface area contributed by atoms with E-state index in [2.05, 4.69) is 0 Å². The molecule has 23 heavy (non-hydrogen) atoms. The largest absolute Gasteiger partial charge is 0.490 e. The number of hydrogen-bond acceptors (Lipinski definition) is 4. The van der Waals surface area contributed by atoms with E-state index >= 15 is 0 Å². The van der Waals surface area contributed by atoms with Gasteiger partial charge in [0.05, 0.1) is 13.2 Å². The van der Waals surface area contributed by atoms with Crippen molar-refractivity contribution in [2.24, 2.45) is 11.7 Å². The van der Waals surface area contributed by atoms with Gasteiger partial charge in [0, 0.05) is 12.7 Å². The molecule has 4 nitrogen and oxygen atoms in total. The first-order valence-electron chi connectivity index (χ1n) is 8.47. The monoisotopic (exact) mass is 327 g/mol. The SMILES string of the molecule is CCCOc1cc(F)c(C(C)CC(CN)CO)cc1OCCC. The Morgan fingerprint density at radius 3 is 2.17 bits per heavy atom. The van der Waals surface area contributed by atoms with Crippen molar-refractivity contribution in [3.63, 3.8) is 0 Å². The summed E-state index contributed by atoms with van der Waals surface area (Å²) in [7, 11) is 0. The maximum Gasteiger partial charge on any atom is 0.164 e. The Morgan fingerprint density at radius 1 is 1.13 bits per heavy atom. The molecular formula is C18H30FNO3. The Bertz CT molecular complexity index is 464. The summed E-state index contributed by atoms with van der Waals surface area (Å²) in [6, 6.07) is 3.13. The van der Waals surface area contributed by atoms with Gasteiger partial charge in [-0.05, 0) is 49.3 Å². The molecule has 0 saturated heterocycles. The second-order valence-corrected chi connectivity index (χ2v) is 5.94. The summed E-state index contributed by atoms with van der Waals surface area (Å²) >= 11 is 0. The molecule has 5 heteroatoms. The van der Waals surface area contributed by atoms with Crippen LogP contribution in [0.4, 0.5) is 4.39 Å². The molecule has 0 aromatic heterocycles. The molecule has 0 amide bonds. The molecule has 0 heterocycles. The number of aliphatic hydroxyl groups excluding tert-OH is 1. The highest BCUT2D eigenvalue weighted by Crippen LogP contribution is 2.35. The molecule has 0 aliphatic carbocycles. The molecule has 2 unspecified atom stereocenters. The summed E-state index contributed by atoms with van der Waals surface area (Å²) in [5.41, 5.74) is 6.20. The minimum Gasteiger partial charge on any atom is -0.490 e. The molecule has 3 N–H and O–H groups in total. The predicted octanol–water partition coefficient (Wildman–Crippen LogP) is 3.46. The van der Waals surface area contributed by atoms with E-state index in [9.17, 15) is 9.50 Å². The first-order chi connectivity index (χ1) is 11.1. The fourth-order valence-corrected chi connectivity index (χ4v) is 2.45. The Morgan fingerprint density at radius 2 is 1.70 bits per heavy atom. The van der Waals surface area contributed by atoms with Crippen molar-refractivity contribution in [2.75, 3.05) is 26.4 Å². The molecule has 132 valence electrons. The van der Waals surface area contributed by atoms with Gasteiger partial charge in [-0.2, -0.15) is 0 Å². The summed E-state index contributed by atoms with van der Waals surface area (Å²) in [4.78, 5) is 0. The fraction of sp³-hybridized carbons (Fsp3) is 0.667. The maximum absolute atomic E-state index is 14.5. The van der Waals surface area contributed by atoms with Gasteiger partial charge in [-0.15, -0.1) is 0 Å². The van der Waals surface area contributed by atoms with Gasteiger partial charge < -0.3 is 20.3 Å². The molecule has 0 fully saturated rings. The second kappa shape index (κ2) is 10.4. The Kier molecular flexibility index (Phi) is 8.95. The highest BCUT2D eigenvalue weighted by Gasteiger charge is 2.19. The molecule has 0 spiro atoms. The van der Waals surface area contributed by atoms with Crippen LogP contribution in [-0.2, 0) is 0 Å². The lowest BCUT2D eigenvalue weighted by Gasteiger charge is -2.20. The second-order valence-electron chi connectivity index (χ2n) is 5.94. The molecule has 0 saturated carbocycles. The van der Waals surface area contributed by atoms with Crippen LogP contribution < -0.4 is 15.2 Å². The van der Waals surface area contributed by atoms with Crippen LogP contribution in [0.1, 0.15) is 51.5 Å². The van der Waals surface area contributed by atoms with Crippen LogP contribution >= 0.6 is 0 Å². The third kappa shape index (κ3) is 5.99. The zero-order chi connectivity index (χ0) is 17.2. The number of aliphatic hydroxyl groups is 1. The maximum atomic E-state index is 14.5. The summed E-state index contributed by atoms with van der Waals surface area (Å²) in [5, 5.41) is 9.28. The van der Waals surface area contributed by atoms with E-state index in [0.717, 1.165) is 12.8 Å². The van der Waals surface area contributed by atoms with Crippen LogP contribution in [0.25, 0.3) is 0 Å². The number of halogens is 1. The van der Waals surface area contributed by atoms with Crippen molar-refractivity contribution in [3.8, 4) is 11.5 Å². The van der Waals surface area contributed by atoms with Crippen LogP contribution in [0.2, 0.25) is 0 Å². The van der Waals surface area contributed by atoms with Crippen molar-refractivity contribution in [2.45, 2.75) is 46.0 Å². The smallest absolute Gasteiger partial charge is 0.164 e. The van der Waals surface area contributed by atoms with Crippen molar-refractivity contribution in [1.82, 2.24) is 0 Å². The van der Waals surface area contributed by atoms with Gasteiger partial charge >= 0.3 is 0 Å². The lowest BCUT2D eigenvalue weighted by molar-refractivity contribution is 0.216. The van der Waals surface area contributed by atoms with Crippen LogP contribution in [0.5, 0.6) is 11.5 Å². The van der Waals surface area contributed by atoms with Crippen molar-refractivity contribution < 1.29 is 19.0 Å². The predicted molar refractivity (Wildman–Crippen MR) is 90.6 cm³/mol. The van der Waals surface area contributed by atoms with Gasteiger partial charge in [0.1, 0.15) is 5.82 Å². The van der Waals surface area contributed by atoms with Gasteiger partial charge in [-0.3, -0.25) is 0 Å². The minimum absolute atomic E-state index is 0.0132. The fourth-order valence-electron chi connectivity index (χ4n) is 2.45. The average Bonchev–Trinajstić information content (AvgIpc) is 2.56. The first kappa shape index (κ1) is 19.7. The van der Waals surface area contributed by atoms with E-state index in [1.807, 2.05) is 20.8 Å². The van der Waals surface area contributed by atoms with Crippen LogP contribution in [-0.4, -0.2) is 31.5 Å². The molecule has 0 radical (unpaired) electrons. The Hall–Kier alpha value is -1.33. The molecule has 1 rings (SSSR count). The van der Waals surface area contributed by atoms with Gasteiger partial charge in [0.25, 0.3) is 0 Å². The first-order valence-corrected chi connectivity index (χ1v) is 8.47. The van der Waals surface area contributed by atoms with Crippen molar-refractivity contribution in [1.29, 1.82) is 0 Å². The molecule has 0 aliphatic heterocycles. The minimum atomic E-state index is -0.304. The number of rotatable bonds is 11. The van der Waals surface area contributed by atoms with E-state index in [1.165, 1.54) is 6.07 Å². The molecule has 0 bridgehead atoms. The number of benzene rings is 1. The van der Waals surface area contributed by atoms with Gasteiger partial charge in [0.15, 0.2) is 11.5 Å². The van der Waals surface area contributed by atoms with Crippen molar-refractivity contribution >= 4 is 0 Å². The number of ether oxygens (including phenoxy) is 2. The summed E-state index contributed by atoms with van der Waals surface area (Å²) in [6.45, 7) is 7.44. The van der Waals surface area contributed by atoms with Crippen LogP contribution in [0.15, 0.2) is 12.1 Å². The zero-order valence-electron chi connectivity index (χ0n) is 14.5. The van der Waals surface area contributed by atoms with E-state index in [4.69, 9.17) is 15.2 Å². The quantitative estimate of drug-likeness (QED) is 0.653. The molecule has 0 aliphatic rings. The molecular weight excluding hydrogens is 297 g/mol. The molecule has 1 aromatic carbocycles. The topological polar surface area (TPSA) is 64.7 Å². The van der Waals surface area contributed by atoms with Gasteiger partial charge in [-0.1, -0.05) is 20.8 Å². The normalized spacial score (nSPS) is 13.7. The zero-order valence-corrected chi connectivity index (χ0v) is 14.5. The van der Waals surface area contributed by atoms with Crippen molar-refractivity contribution in [3.05, 3.63) is 23.5 Å². The Balaban J connectivity index is 3.02. The van der Waals surface area contributed by atoms with Gasteiger partial charge in [-0.25, -0.2) is 4.39 Å². The van der Waals surface area contributed by atoms with E-state index in [0.29, 0.717) is 43.2 Å². The highest BCUT2D eigenvalue weighted by molar-refractivity contribution is 5.45. The third-order valence-corrected chi connectivity index (χ3v) is 3.80. The molecule has 1 aromatic rings. The third-order valence-electron chi connectivity index (χ3n) is 3.80. The summed E-state index contributed by atoms with van der Waals surface area (Å²) in [6.07, 6.45) is 2.35. The lowest BCUT2D eigenvalue weighted by atomic mass is 9.90. The number of nitrogens with two attached hydrogens (primary N) is 1. The lowest BCUT2D eigenvalue weighted by Crippen LogP contribution is -2.20.